The van der Waals surface area contributed by atoms with Crippen molar-refractivity contribution in [1.82, 2.24) is 24.7 Å². The number of nitrogens with zero attached hydrogens (tertiary/aromatic N) is 4. The quantitative estimate of drug-likeness (QED) is 0.649. The molecule has 9 heteroatoms. The summed E-state index contributed by atoms with van der Waals surface area (Å²) in [5.74, 6) is 0.340. The number of primary amides is 1. The van der Waals surface area contributed by atoms with Crippen LogP contribution in [-0.4, -0.2) is 56.3 Å². The number of anilines is 1. The molecular formula is C12H17N7O2. The zero-order chi connectivity index (χ0) is 14.8. The monoisotopic (exact) mass is 291 g/mol. The Labute approximate surface area is 120 Å². The number of nitrogens with one attached hydrogen (secondary N) is 2. The van der Waals surface area contributed by atoms with Crippen molar-refractivity contribution in [2.24, 2.45) is 5.73 Å². The number of carbonyl (C=O) groups is 1. The van der Waals surface area contributed by atoms with Crippen molar-refractivity contribution < 1.29 is 4.79 Å². The number of rotatable bonds is 4. The molecule has 2 aromatic rings. The molecule has 21 heavy (non-hydrogen) atoms. The first-order valence-electron chi connectivity index (χ1n) is 6.83. The molecule has 0 bridgehead atoms. The van der Waals surface area contributed by atoms with Crippen LogP contribution in [0.15, 0.2) is 16.9 Å². The molecule has 3 rings (SSSR count). The van der Waals surface area contributed by atoms with Gasteiger partial charge in [-0.15, -0.1) is 5.10 Å². The Morgan fingerprint density at radius 1 is 1.43 bits per heavy atom. The summed E-state index contributed by atoms with van der Waals surface area (Å²) in [5.41, 5.74) is 5.32. The third-order valence-corrected chi connectivity index (χ3v) is 3.59. The highest BCUT2D eigenvalue weighted by atomic mass is 16.2. The van der Waals surface area contributed by atoms with E-state index < -0.39 is 0 Å². The summed E-state index contributed by atoms with van der Waals surface area (Å²) in [6.45, 7) is 1.93. The average molecular weight is 291 g/mol. The van der Waals surface area contributed by atoms with Crippen LogP contribution < -0.4 is 16.7 Å². The second kappa shape index (κ2) is 5.52. The normalized spacial score (nSPS) is 17.1. The maximum absolute atomic E-state index is 11.5. The van der Waals surface area contributed by atoms with Crippen molar-refractivity contribution in [3.63, 3.8) is 0 Å². The Bertz CT molecular complexity index is 699. The summed E-state index contributed by atoms with van der Waals surface area (Å²) in [5, 5.41) is 13.7. The van der Waals surface area contributed by atoms with Gasteiger partial charge in [-0.2, -0.15) is 9.61 Å². The molecule has 0 atom stereocenters. The van der Waals surface area contributed by atoms with Gasteiger partial charge in [-0.3, -0.25) is 9.69 Å². The van der Waals surface area contributed by atoms with Gasteiger partial charge in [0, 0.05) is 19.1 Å². The molecule has 1 amide bonds. The zero-order valence-corrected chi connectivity index (χ0v) is 11.5. The number of amides is 1. The fourth-order valence-corrected chi connectivity index (χ4v) is 2.54. The maximum atomic E-state index is 11.5. The molecule has 2 aromatic heterocycles. The lowest BCUT2D eigenvalue weighted by molar-refractivity contribution is -0.119. The Kier molecular flexibility index (Phi) is 3.57. The van der Waals surface area contributed by atoms with Gasteiger partial charge >= 0.3 is 5.69 Å². The molecule has 112 valence electrons. The van der Waals surface area contributed by atoms with Gasteiger partial charge in [0.2, 0.25) is 5.91 Å². The molecule has 0 aromatic carbocycles. The van der Waals surface area contributed by atoms with Crippen molar-refractivity contribution >= 4 is 17.4 Å². The number of hydrogen-bond acceptors (Lipinski definition) is 6. The highest BCUT2D eigenvalue weighted by molar-refractivity contribution is 5.75. The van der Waals surface area contributed by atoms with E-state index in [9.17, 15) is 9.59 Å². The van der Waals surface area contributed by atoms with Gasteiger partial charge in [0.25, 0.3) is 0 Å². The minimum atomic E-state index is -0.357. The van der Waals surface area contributed by atoms with Crippen molar-refractivity contribution in [2.75, 3.05) is 25.0 Å². The Balaban J connectivity index is 1.62. The van der Waals surface area contributed by atoms with E-state index in [2.05, 4.69) is 20.6 Å². The van der Waals surface area contributed by atoms with Crippen LogP contribution in [0.4, 0.5) is 5.82 Å². The van der Waals surface area contributed by atoms with E-state index in [1.54, 1.807) is 12.1 Å². The average Bonchev–Trinajstić information content (AvgIpc) is 2.82. The number of aromatic amines is 1. The van der Waals surface area contributed by atoms with Crippen molar-refractivity contribution in [2.45, 2.75) is 18.9 Å². The third-order valence-electron chi connectivity index (χ3n) is 3.59. The van der Waals surface area contributed by atoms with E-state index >= 15 is 0 Å². The highest BCUT2D eigenvalue weighted by Gasteiger charge is 2.20. The summed E-state index contributed by atoms with van der Waals surface area (Å²) in [7, 11) is 0. The van der Waals surface area contributed by atoms with E-state index in [0.29, 0.717) is 18.0 Å². The minimum absolute atomic E-state index is 0.265. The molecule has 0 unspecified atom stereocenters. The second-order valence-corrected chi connectivity index (χ2v) is 5.18. The molecule has 4 N–H and O–H groups in total. The summed E-state index contributed by atoms with van der Waals surface area (Å²) in [4.78, 5) is 24.4. The lowest BCUT2D eigenvalue weighted by Crippen LogP contribution is -2.43. The molecule has 1 fully saturated rings. The summed E-state index contributed by atoms with van der Waals surface area (Å²) >= 11 is 0. The standard InChI is InChI=1S/C12H17N7O2/c13-9(20)7-18-5-3-8(4-6-18)14-10-1-2-11-15-16-12(21)19(11)17-10/h1-2,8H,3-7H2,(H2,13,20)(H,14,17)(H,16,21). The SMILES string of the molecule is NC(=O)CN1CCC(Nc2ccc3n[nH]c(=O)n3n2)CC1. The van der Waals surface area contributed by atoms with Gasteiger partial charge in [-0.05, 0) is 25.0 Å². The Hall–Kier alpha value is -2.42. The first-order chi connectivity index (χ1) is 10.1. The molecule has 9 nitrogen and oxygen atoms in total. The molecule has 0 spiro atoms. The largest absolute Gasteiger partial charge is 0.369 e. The summed E-state index contributed by atoms with van der Waals surface area (Å²) in [6, 6.07) is 3.79. The first-order valence-corrected chi connectivity index (χ1v) is 6.83. The topological polar surface area (TPSA) is 121 Å². The van der Waals surface area contributed by atoms with Gasteiger partial charge in [-0.1, -0.05) is 0 Å². The van der Waals surface area contributed by atoms with Gasteiger partial charge < -0.3 is 11.1 Å². The molecule has 0 aliphatic carbocycles. The van der Waals surface area contributed by atoms with Crippen LogP contribution >= 0.6 is 0 Å². The molecule has 1 saturated heterocycles. The Morgan fingerprint density at radius 2 is 2.19 bits per heavy atom. The zero-order valence-electron chi connectivity index (χ0n) is 11.5. The number of H-pyrrole nitrogens is 1. The molecule has 1 aliphatic heterocycles. The van der Waals surface area contributed by atoms with Gasteiger partial charge in [0.15, 0.2) is 5.65 Å². The maximum Gasteiger partial charge on any atom is 0.364 e. The second-order valence-electron chi connectivity index (χ2n) is 5.18. The number of piperidine rings is 1. The summed E-state index contributed by atoms with van der Waals surface area (Å²) in [6.07, 6.45) is 1.79. The van der Waals surface area contributed by atoms with Gasteiger partial charge in [0.1, 0.15) is 5.82 Å². The number of likely N-dealkylation sites (tertiary alicyclic amines) is 1. The fraction of sp³-hybridized carbons (Fsp3) is 0.500. The molecule has 0 radical (unpaired) electrons. The van der Waals surface area contributed by atoms with Crippen LogP contribution in [0, 0.1) is 0 Å². The molecule has 3 heterocycles. The van der Waals surface area contributed by atoms with Crippen LogP contribution in [0.5, 0.6) is 0 Å². The predicted octanol–water partition coefficient (Wildman–Crippen LogP) is -1.22. The van der Waals surface area contributed by atoms with E-state index in [1.165, 1.54) is 4.52 Å². The number of aromatic nitrogens is 4. The van der Waals surface area contributed by atoms with Crippen LogP contribution in [0.25, 0.3) is 5.65 Å². The number of fused-ring (bicyclic) bond motifs is 1. The number of carbonyl (C=O) groups excluding carboxylic acids is 1. The minimum Gasteiger partial charge on any atom is -0.369 e. The van der Waals surface area contributed by atoms with Crippen molar-refractivity contribution in [3.05, 3.63) is 22.6 Å². The molecule has 1 aliphatic rings. The number of hydrogen-bond donors (Lipinski definition) is 3. The fourth-order valence-electron chi connectivity index (χ4n) is 2.54. The smallest absolute Gasteiger partial charge is 0.364 e. The molecular weight excluding hydrogens is 274 g/mol. The van der Waals surface area contributed by atoms with E-state index in [-0.39, 0.29) is 17.6 Å². The first kappa shape index (κ1) is 13.6. The summed E-state index contributed by atoms with van der Waals surface area (Å²) < 4.78 is 1.23. The van der Waals surface area contributed by atoms with Crippen LogP contribution in [-0.2, 0) is 4.79 Å². The third kappa shape index (κ3) is 3.02. The molecule has 0 saturated carbocycles. The van der Waals surface area contributed by atoms with Crippen LogP contribution in [0.3, 0.4) is 0 Å². The highest BCUT2D eigenvalue weighted by Crippen LogP contribution is 2.14. The van der Waals surface area contributed by atoms with Crippen molar-refractivity contribution in [3.8, 4) is 0 Å². The van der Waals surface area contributed by atoms with E-state index in [1.807, 2.05) is 4.90 Å². The number of nitrogens with two attached hydrogens (primary N) is 1. The Morgan fingerprint density at radius 3 is 2.90 bits per heavy atom. The van der Waals surface area contributed by atoms with Crippen LogP contribution in [0.1, 0.15) is 12.8 Å². The van der Waals surface area contributed by atoms with Gasteiger partial charge in [0.05, 0.1) is 6.54 Å². The lowest BCUT2D eigenvalue weighted by Gasteiger charge is -2.31. The van der Waals surface area contributed by atoms with E-state index in [4.69, 9.17) is 5.73 Å². The van der Waals surface area contributed by atoms with Gasteiger partial charge in [-0.25, -0.2) is 9.89 Å². The van der Waals surface area contributed by atoms with E-state index in [0.717, 1.165) is 25.9 Å². The predicted molar refractivity (Wildman–Crippen MR) is 75.9 cm³/mol. The van der Waals surface area contributed by atoms with Crippen molar-refractivity contribution in [1.29, 1.82) is 0 Å². The van der Waals surface area contributed by atoms with Crippen LogP contribution in [0.2, 0.25) is 0 Å². The lowest BCUT2D eigenvalue weighted by atomic mass is 10.1.